The molecule has 0 atom stereocenters. The SMILES string of the molecule is COCCn1c(SCc2ccc([N+](=O)[O-])cc2)nnc1-c1c[nH]c2ccccc12. The Kier molecular flexibility index (Phi) is 5.59. The summed E-state index contributed by atoms with van der Waals surface area (Å²) in [5.41, 5.74) is 3.11. The largest absolute Gasteiger partial charge is 0.383 e. The number of para-hydroxylation sites is 1. The van der Waals surface area contributed by atoms with Crippen molar-refractivity contribution in [3.63, 3.8) is 0 Å². The smallest absolute Gasteiger partial charge is 0.269 e. The van der Waals surface area contributed by atoms with E-state index < -0.39 is 4.92 Å². The van der Waals surface area contributed by atoms with Gasteiger partial charge in [-0.3, -0.25) is 14.7 Å². The number of benzene rings is 2. The predicted octanol–water partition coefficient (Wildman–Crippen LogP) is 4.27. The maximum atomic E-state index is 10.8. The molecule has 0 aliphatic heterocycles. The molecule has 0 aliphatic carbocycles. The van der Waals surface area contributed by atoms with E-state index in [4.69, 9.17) is 4.74 Å². The van der Waals surface area contributed by atoms with Crippen LogP contribution in [0, 0.1) is 10.1 Å². The molecule has 0 saturated heterocycles. The van der Waals surface area contributed by atoms with E-state index in [1.807, 2.05) is 24.4 Å². The predicted molar refractivity (Wildman–Crippen MR) is 112 cm³/mol. The first-order chi connectivity index (χ1) is 14.2. The Morgan fingerprint density at radius 2 is 1.97 bits per heavy atom. The Bertz CT molecular complexity index is 1140. The summed E-state index contributed by atoms with van der Waals surface area (Å²) in [5, 5.41) is 21.5. The molecule has 1 N–H and O–H groups in total. The van der Waals surface area contributed by atoms with Gasteiger partial charge < -0.3 is 9.72 Å². The molecule has 0 aliphatic rings. The van der Waals surface area contributed by atoms with Gasteiger partial charge in [-0.05, 0) is 11.6 Å². The Hall–Kier alpha value is -3.17. The number of aromatic nitrogens is 4. The molecule has 0 saturated carbocycles. The van der Waals surface area contributed by atoms with Crippen LogP contribution >= 0.6 is 11.8 Å². The zero-order chi connectivity index (χ0) is 20.2. The van der Waals surface area contributed by atoms with Crippen LogP contribution in [0.15, 0.2) is 59.9 Å². The molecule has 29 heavy (non-hydrogen) atoms. The van der Waals surface area contributed by atoms with Crippen molar-refractivity contribution >= 4 is 28.4 Å². The lowest BCUT2D eigenvalue weighted by molar-refractivity contribution is -0.384. The van der Waals surface area contributed by atoms with Gasteiger partial charge >= 0.3 is 0 Å². The van der Waals surface area contributed by atoms with E-state index in [0.717, 1.165) is 33.0 Å². The van der Waals surface area contributed by atoms with Crippen molar-refractivity contribution in [3.8, 4) is 11.4 Å². The summed E-state index contributed by atoms with van der Waals surface area (Å²) < 4.78 is 7.32. The average Bonchev–Trinajstić information content (AvgIpc) is 3.34. The van der Waals surface area contributed by atoms with Gasteiger partial charge in [0.25, 0.3) is 5.69 Å². The fourth-order valence-electron chi connectivity index (χ4n) is 3.10. The maximum absolute atomic E-state index is 10.8. The molecular formula is C20H19N5O3S. The molecule has 0 unspecified atom stereocenters. The van der Waals surface area contributed by atoms with Crippen LogP contribution in [0.3, 0.4) is 0 Å². The van der Waals surface area contributed by atoms with Crippen molar-refractivity contribution in [1.29, 1.82) is 0 Å². The summed E-state index contributed by atoms with van der Waals surface area (Å²) in [7, 11) is 1.67. The highest BCUT2D eigenvalue weighted by atomic mass is 32.2. The van der Waals surface area contributed by atoms with Crippen LogP contribution < -0.4 is 0 Å². The lowest BCUT2D eigenvalue weighted by Gasteiger charge is -2.09. The van der Waals surface area contributed by atoms with Crippen LogP contribution in [0.5, 0.6) is 0 Å². The average molecular weight is 409 g/mol. The Morgan fingerprint density at radius 3 is 2.72 bits per heavy atom. The highest BCUT2D eigenvalue weighted by molar-refractivity contribution is 7.98. The number of nitrogens with zero attached hydrogens (tertiary/aromatic N) is 4. The third kappa shape index (κ3) is 4.01. The number of methoxy groups -OCH3 is 1. The molecule has 4 rings (SSSR count). The fourth-order valence-corrected chi connectivity index (χ4v) is 4.02. The monoisotopic (exact) mass is 409 g/mol. The first-order valence-corrected chi connectivity index (χ1v) is 10.0. The van der Waals surface area contributed by atoms with Crippen LogP contribution in [-0.4, -0.2) is 38.4 Å². The van der Waals surface area contributed by atoms with Crippen LogP contribution in [0.4, 0.5) is 5.69 Å². The van der Waals surface area contributed by atoms with Crippen LogP contribution in [0.2, 0.25) is 0 Å². The Labute approximate surface area is 171 Å². The molecule has 0 amide bonds. The van der Waals surface area contributed by atoms with Crippen molar-refractivity contribution in [2.45, 2.75) is 17.5 Å². The summed E-state index contributed by atoms with van der Waals surface area (Å²) in [6.45, 7) is 1.17. The lowest BCUT2D eigenvalue weighted by Crippen LogP contribution is -2.07. The van der Waals surface area contributed by atoms with Gasteiger partial charge in [-0.2, -0.15) is 0 Å². The van der Waals surface area contributed by atoms with E-state index in [-0.39, 0.29) is 5.69 Å². The minimum Gasteiger partial charge on any atom is -0.383 e. The summed E-state index contributed by atoms with van der Waals surface area (Å²) in [6.07, 6.45) is 1.95. The molecule has 148 valence electrons. The van der Waals surface area contributed by atoms with Gasteiger partial charge in [-0.15, -0.1) is 10.2 Å². The van der Waals surface area contributed by atoms with Gasteiger partial charge in [-0.25, -0.2) is 0 Å². The minimum atomic E-state index is -0.397. The standard InChI is InChI=1S/C20H19N5O3S/c1-28-11-10-24-19(17-12-21-18-5-3-2-4-16(17)18)22-23-20(24)29-13-14-6-8-15(9-7-14)25(26)27/h2-9,12,21H,10-11,13H2,1H3. The number of hydrogen-bond acceptors (Lipinski definition) is 6. The minimum absolute atomic E-state index is 0.0867. The highest BCUT2D eigenvalue weighted by Crippen LogP contribution is 2.31. The molecule has 2 heterocycles. The molecule has 4 aromatic rings. The zero-order valence-corrected chi connectivity index (χ0v) is 16.6. The fraction of sp³-hybridized carbons (Fsp3) is 0.200. The van der Waals surface area contributed by atoms with Gasteiger partial charge in [0.05, 0.1) is 18.1 Å². The highest BCUT2D eigenvalue weighted by Gasteiger charge is 2.17. The van der Waals surface area contributed by atoms with Crippen molar-refractivity contribution in [2.24, 2.45) is 0 Å². The Morgan fingerprint density at radius 1 is 1.17 bits per heavy atom. The number of nitro groups is 1. The maximum Gasteiger partial charge on any atom is 0.269 e. The molecule has 9 heteroatoms. The van der Waals surface area contributed by atoms with Crippen molar-refractivity contribution < 1.29 is 9.66 Å². The second kappa shape index (κ2) is 8.46. The van der Waals surface area contributed by atoms with E-state index in [1.165, 1.54) is 12.1 Å². The number of thioether (sulfide) groups is 1. The summed E-state index contributed by atoms with van der Waals surface area (Å²) in [6, 6.07) is 14.6. The van der Waals surface area contributed by atoms with E-state index in [2.05, 4.69) is 25.8 Å². The second-order valence-electron chi connectivity index (χ2n) is 6.41. The molecule has 0 fully saturated rings. The van der Waals surface area contributed by atoms with E-state index in [0.29, 0.717) is 18.9 Å². The van der Waals surface area contributed by atoms with Crippen LogP contribution in [-0.2, 0) is 17.0 Å². The Balaban J connectivity index is 1.61. The number of rotatable bonds is 8. The van der Waals surface area contributed by atoms with E-state index in [9.17, 15) is 10.1 Å². The quantitative estimate of drug-likeness (QED) is 0.265. The number of nitro benzene ring substituents is 1. The number of ether oxygens (including phenoxy) is 1. The van der Waals surface area contributed by atoms with Gasteiger partial charge in [0.15, 0.2) is 11.0 Å². The molecule has 0 bridgehead atoms. The number of H-pyrrole nitrogens is 1. The zero-order valence-electron chi connectivity index (χ0n) is 15.7. The third-order valence-corrected chi connectivity index (χ3v) is 5.62. The molecule has 0 radical (unpaired) electrons. The van der Waals surface area contributed by atoms with Crippen molar-refractivity contribution in [1.82, 2.24) is 19.7 Å². The van der Waals surface area contributed by atoms with E-state index in [1.54, 1.807) is 31.0 Å². The number of nitrogens with one attached hydrogen (secondary N) is 1. The summed E-state index contributed by atoms with van der Waals surface area (Å²) >= 11 is 1.54. The van der Waals surface area contributed by atoms with Gasteiger partial charge in [0.1, 0.15) is 0 Å². The van der Waals surface area contributed by atoms with Gasteiger partial charge in [0, 0.05) is 47.7 Å². The van der Waals surface area contributed by atoms with Gasteiger partial charge in [0.2, 0.25) is 0 Å². The van der Waals surface area contributed by atoms with Crippen LogP contribution in [0.1, 0.15) is 5.56 Å². The van der Waals surface area contributed by atoms with Gasteiger partial charge in [-0.1, -0.05) is 42.1 Å². The first-order valence-electron chi connectivity index (χ1n) is 9.02. The van der Waals surface area contributed by atoms with Crippen LogP contribution in [0.25, 0.3) is 22.3 Å². The molecule has 8 nitrogen and oxygen atoms in total. The summed E-state index contributed by atoms with van der Waals surface area (Å²) in [5.74, 6) is 1.42. The van der Waals surface area contributed by atoms with Crippen molar-refractivity contribution in [2.75, 3.05) is 13.7 Å². The number of fused-ring (bicyclic) bond motifs is 1. The lowest BCUT2D eigenvalue weighted by atomic mass is 10.1. The number of hydrogen-bond donors (Lipinski definition) is 1. The van der Waals surface area contributed by atoms with E-state index >= 15 is 0 Å². The van der Waals surface area contributed by atoms with Crippen molar-refractivity contribution in [3.05, 3.63) is 70.4 Å². The number of non-ortho nitro benzene ring substituents is 1. The molecule has 2 aromatic carbocycles. The molecular weight excluding hydrogens is 390 g/mol. The number of aromatic amines is 1. The third-order valence-electron chi connectivity index (χ3n) is 4.58. The first kappa shape index (κ1) is 19.2. The normalized spacial score (nSPS) is 11.2. The summed E-state index contributed by atoms with van der Waals surface area (Å²) in [4.78, 5) is 13.7. The second-order valence-corrected chi connectivity index (χ2v) is 7.35. The topological polar surface area (TPSA) is 98.9 Å². The molecule has 2 aromatic heterocycles. The molecule has 0 spiro atoms.